The summed E-state index contributed by atoms with van der Waals surface area (Å²) in [6.07, 6.45) is 0.530. The van der Waals surface area contributed by atoms with Crippen LogP contribution in [0.2, 0.25) is 0 Å². The van der Waals surface area contributed by atoms with Gasteiger partial charge in [0.1, 0.15) is 6.04 Å². The third kappa shape index (κ3) is 4.70. The minimum atomic E-state index is -0.421. The molecule has 1 rings (SSSR count). The number of aromatic nitrogens is 2. The van der Waals surface area contributed by atoms with Crippen LogP contribution in [0.4, 0.5) is 6.01 Å². The first-order chi connectivity index (χ1) is 8.52. The molecule has 1 aromatic heterocycles. The molecule has 0 saturated heterocycles. The Bertz CT molecular complexity index is 377. The average Bonchev–Trinajstić information content (AvgIpc) is 2.73. The van der Waals surface area contributed by atoms with Crippen LogP contribution in [-0.2, 0) is 11.2 Å². The van der Waals surface area contributed by atoms with Crippen molar-refractivity contribution in [3.63, 3.8) is 0 Å². The molecule has 0 aliphatic carbocycles. The summed E-state index contributed by atoms with van der Waals surface area (Å²) in [5.74, 6) is 0.790. The van der Waals surface area contributed by atoms with E-state index in [0.717, 1.165) is 0 Å². The molecule has 1 aromatic rings. The summed E-state index contributed by atoms with van der Waals surface area (Å²) in [5.41, 5.74) is 5.37. The van der Waals surface area contributed by atoms with Crippen molar-refractivity contribution in [2.45, 2.75) is 33.2 Å². The van der Waals surface area contributed by atoms with Gasteiger partial charge in [0, 0.05) is 19.5 Å². The first kappa shape index (κ1) is 14.4. The molecule has 0 fully saturated rings. The zero-order valence-electron chi connectivity index (χ0n) is 11.1. The molecule has 1 amide bonds. The smallest absolute Gasteiger partial charge is 0.316 e. The summed E-state index contributed by atoms with van der Waals surface area (Å²) in [7, 11) is 0. The predicted octanol–water partition coefficient (Wildman–Crippen LogP) is 0.143. The van der Waals surface area contributed by atoms with Crippen LogP contribution < -0.4 is 16.4 Å². The molecule has 0 radical (unpaired) electrons. The Kier molecular flexibility index (Phi) is 5.57. The van der Waals surface area contributed by atoms with Gasteiger partial charge in [-0.05, 0) is 12.8 Å². The van der Waals surface area contributed by atoms with Gasteiger partial charge in [0.25, 0.3) is 0 Å². The van der Waals surface area contributed by atoms with Gasteiger partial charge in [-0.15, -0.1) is 5.10 Å². The van der Waals surface area contributed by atoms with Gasteiger partial charge in [-0.25, -0.2) is 0 Å². The molecule has 102 valence electrons. The number of hydrogen-bond acceptors (Lipinski definition) is 6. The Morgan fingerprint density at radius 1 is 1.39 bits per heavy atom. The normalized spacial score (nSPS) is 12.5. The van der Waals surface area contributed by atoms with Crippen LogP contribution in [0.1, 0.15) is 26.7 Å². The second-order valence-electron chi connectivity index (χ2n) is 4.54. The fourth-order valence-corrected chi connectivity index (χ4v) is 1.25. The lowest BCUT2D eigenvalue weighted by Gasteiger charge is -2.13. The maximum atomic E-state index is 11.7. The molecule has 1 heterocycles. The third-order valence-corrected chi connectivity index (χ3v) is 2.24. The standard InChI is InChI=1S/C11H21N5O2/c1-7(2)6-13-10(17)8(3)14-11-16-15-9(18-11)4-5-12/h7-8H,4-6,12H2,1-3H3,(H,13,17)(H,14,16). The van der Waals surface area contributed by atoms with Crippen molar-refractivity contribution in [1.82, 2.24) is 15.5 Å². The van der Waals surface area contributed by atoms with E-state index in [1.165, 1.54) is 0 Å². The van der Waals surface area contributed by atoms with Crippen molar-refractivity contribution in [1.29, 1.82) is 0 Å². The van der Waals surface area contributed by atoms with Crippen molar-refractivity contribution >= 4 is 11.9 Å². The number of rotatable bonds is 7. The minimum absolute atomic E-state index is 0.0951. The van der Waals surface area contributed by atoms with Crippen molar-refractivity contribution in [2.75, 3.05) is 18.4 Å². The van der Waals surface area contributed by atoms with Crippen LogP contribution in [0.15, 0.2) is 4.42 Å². The summed E-state index contributed by atoms with van der Waals surface area (Å²) in [6, 6.07) is -0.180. The first-order valence-corrected chi connectivity index (χ1v) is 6.09. The first-order valence-electron chi connectivity index (χ1n) is 6.09. The summed E-state index contributed by atoms with van der Waals surface area (Å²) < 4.78 is 5.28. The molecule has 0 bridgehead atoms. The molecule has 0 aliphatic rings. The third-order valence-electron chi connectivity index (χ3n) is 2.24. The summed E-state index contributed by atoms with van der Waals surface area (Å²) in [6.45, 7) is 6.91. The van der Waals surface area contributed by atoms with Crippen LogP contribution in [-0.4, -0.2) is 35.2 Å². The second kappa shape index (κ2) is 6.95. The maximum Gasteiger partial charge on any atom is 0.316 e. The Morgan fingerprint density at radius 3 is 2.72 bits per heavy atom. The van der Waals surface area contributed by atoms with Crippen LogP contribution >= 0.6 is 0 Å². The fraction of sp³-hybridized carbons (Fsp3) is 0.727. The van der Waals surface area contributed by atoms with Crippen molar-refractivity contribution < 1.29 is 9.21 Å². The van der Waals surface area contributed by atoms with E-state index >= 15 is 0 Å². The molecular formula is C11H21N5O2. The van der Waals surface area contributed by atoms with E-state index in [4.69, 9.17) is 10.2 Å². The van der Waals surface area contributed by atoms with E-state index in [1.54, 1.807) is 6.92 Å². The highest BCUT2D eigenvalue weighted by molar-refractivity contribution is 5.83. The molecule has 7 nitrogen and oxygen atoms in total. The molecular weight excluding hydrogens is 234 g/mol. The number of hydrogen-bond donors (Lipinski definition) is 3. The van der Waals surface area contributed by atoms with E-state index < -0.39 is 6.04 Å². The molecule has 1 atom stereocenters. The molecule has 18 heavy (non-hydrogen) atoms. The van der Waals surface area contributed by atoms with Gasteiger partial charge in [0.2, 0.25) is 11.8 Å². The highest BCUT2D eigenvalue weighted by Gasteiger charge is 2.15. The topological polar surface area (TPSA) is 106 Å². The van der Waals surface area contributed by atoms with E-state index in [0.29, 0.717) is 31.3 Å². The number of anilines is 1. The van der Waals surface area contributed by atoms with E-state index in [-0.39, 0.29) is 11.9 Å². The molecule has 0 saturated carbocycles. The lowest BCUT2D eigenvalue weighted by molar-refractivity contribution is -0.121. The maximum absolute atomic E-state index is 11.7. The van der Waals surface area contributed by atoms with Gasteiger partial charge < -0.3 is 20.8 Å². The molecule has 4 N–H and O–H groups in total. The highest BCUT2D eigenvalue weighted by atomic mass is 16.4. The van der Waals surface area contributed by atoms with E-state index in [2.05, 4.69) is 20.8 Å². The second-order valence-corrected chi connectivity index (χ2v) is 4.54. The molecule has 0 spiro atoms. The van der Waals surface area contributed by atoms with E-state index in [1.807, 2.05) is 13.8 Å². The Hall–Kier alpha value is -1.63. The summed E-state index contributed by atoms with van der Waals surface area (Å²) >= 11 is 0. The highest BCUT2D eigenvalue weighted by Crippen LogP contribution is 2.07. The van der Waals surface area contributed by atoms with Crippen LogP contribution in [0.5, 0.6) is 0 Å². The summed E-state index contributed by atoms with van der Waals surface area (Å²) in [4.78, 5) is 11.7. The van der Waals surface area contributed by atoms with Crippen molar-refractivity contribution in [3.8, 4) is 0 Å². The Labute approximate surface area is 107 Å². The zero-order chi connectivity index (χ0) is 13.5. The lowest BCUT2D eigenvalue weighted by Crippen LogP contribution is -2.39. The minimum Gasteiger partial charge on any atom is -0.408 e. The average molecular weight is 255 g/mol. The summed E-state index contributed by atoms with van der Waals surface area (Å²) in [5, 5.41) is 13.3. The lowest BCUT2D eigenvalue weighted by atomic mass is 10.2. The molecule has 0 aliphatic heterocycles. The van der Waals surface area contributed by atoms with Gasteiger partial charge in [0.15, 0.2) is 0 Å². The number of carbonyl (C=O) groups is 1. The van der Waals surface area contributed by atoms with Gasteiger partial charge in [0.05, 0.1) is 0 Å². The largest absolute Gasteiger partial charge is 0.408 e. The van der Waals surface area contributed by atoms with E-state index in [9.17, 15) is 4.79 Å². The van der Waals surface area contributed by atoms with Crippen molar-refractivity contribution in [2.24, 2.45) is 11.7 Å². The predicted molar refractivity (Wildman–Crippen MR) is 68.0 cm³/mol. The zero-order valence-corrected chi connectivity index (χ0v) is 11.1. The van der Waals surface area contributed by atoms with Crippen LogP contribution in [0, 0.1) is 5.92 Å². The van der Waals surface area contributed by atoms with Gasteiger partial charge >= 0.3 is 6.01 Å². The SMILES string of the molecule is CC(C)CNC(=O)C(C)Nc1nnc(CCN)o1. The number of nitrogens with one attached hydrogen (secondary N) is 2. The quantitative estimate of drug-likeness (QED) is 0.640. The number of nitrogens with two attached hydrogens (primary N) is 1. The van der Waals surface area contributed by atoms with Gasteiger partial charge in [-0.1, -0.05) is 18.9 Å². The Balaban J connectivity index is 2.42. The Morgan fingerprint density at radius 2 is 2.11 bits per heavy atom. The van der Waals surface area contributed by atoms with Gasteiger partial charge in [-0.2, -0.15) is 0 Å². The molecule has 7 heteroatoms. The fourth-order valence-electron chi connectivity index (χ4n) is 1.25. The number of carbonyl (C=O) groups excluding carboxylic acids is 1. The van der Waals surface area contributed by atoms with Gasteiger partial charge in [-0.3, -0.25) is 4.79 Å². The molecule has 1 unspecified atom stereocenters. The van der Waals surface area contributed by atoms with Crippen molar-refractivity contribution in [3.05, 3.63) is 5.89 Å². The monoisotopic (exact) mass is 255 g/mol. The number of amides is 1. The van der Waals surface area contributed by atoms with Crippen LogP contribution in [0.3, 0.4) is 0 Å². The molecule has 0 aromatic carbocycles. The number of nitrogens with zero attached hydrogens (tertiary/aromatic N) is 2. The van der Waals surface area contributed by atoms with Crippen LogP contribution in [0.25, 0.3) is 0 Å².